The largest absolute Gasteiger partial charge is 0.372 e. The Morgan fingerprint density at radius 3 is 1.90 bits per heavy atom. The lowest BCUT2D eigenvalue weighted by Crippen LogP contribution is -2.25. The minimum atomic E-state index is -0.546. The number of anilines is 1. The highest BCUT2D eigenvalue weighted by Gasteiger charge is 2.12. The van der Waals surface area contributed by atoms with Crippen LogP contribution in [-0.4, -0.2) is 23.0 Å². The monoisotopic (exact) mass is 564 g/mol. The maximum absolute atomic E-state index is 11.0. The highest BCUT2D eigenvalue weighted by atomic mass is 16.6. The van der Waals surface area contributed by atoms with Crippen molar-refractivity contribution in [2.75, 3.05) is 18.0 Å². The van der Waals surface area contributed by atoms with Crippen molar-refractivity contribution in [3.8, 4) is 6.07 Å². The lowest BCUT2D eigenvalue weighted by molar-refractivity contribution is -0.385. The van der Waals surface area contributed by atoms with E-state index < -0.39 is 4.92 Å². The van der Waals surface area contributed by atoms with Gasteiger partial charge < -0.3 is 4.90 Å². The number of rotatable bonds is 18. The molecule has 6 nitrogen and oxygen atoms in total. The standard InChI is InChI=1S/C36H44N4O2/c1-3-5-7-9-11-25-39(26-12-10-8-6-4-2)35-22-17-30(18-23-35)13-14-32-16-21-34(38-29-32)20-15-31-19-24-36(40(41)42)33(27-31)28-37/h13-24,27,29H,3-12,25-26H2,1-2H3. The molecule has 0 N–H and O–H groups in total. The SMILES string of the molecule is CCCCCCCN(CCCCCCC)c1ccc(C=Cc2ccc(C=Cc3ccc([N+](=O)[O-])c(C#N)c3)nc2)cc1. The van der Waals surface area contributed by atoms with Crippen LogP contribution in [0.3, 0.4) is 0 Å². The van der Waals surface area contributed by atoms with Crippen LogP contribution in [0.2, 0.25) is 0 Å². The fraction of sp³-hybridized carbons (Fsp3) is 0.389. The van der Waals surface area contributed by atoms with Crippen molar-refractivity contribution >= 4 is 35.7 Å². The second-order valence-corrected chi connectivity index (χ2v) is 10.7. The predicted octanol–water partition coefficient (Wildman–Crippen LogP) is 9.95. The number of hydrogen-bond donors (Lipinski definition) is 0. The number of aromatic nitrogens is 1. The molecular weight excluding hydrogens is 520 g/mol. The molecule has 0 aliphatic heterocycles. The first-order chi connectivity index (χ1) is 20.5. The van der Waals surface area contributed by atoms with Crippen LogP contribution in [0.25, 0.3) is 24.3 Å². The van der Waals surface area contributed by atoms with Gasteiger partial charge in [-0.15, -0.1) is 0 Å². The molecule has 220 valence electrons. The van der Waals surface area contributed by atoms with Gasteiger partial charge in [0, 0.05) is 31.0 Å². The number of nitriles is 1. The van der Waals surface area contributed by atoms with Crippen LogP contribution in [0.5, 0.6) is 0 Å². The van der Waals surface area contributed by atoms with Crippen molar-refractivity contribution in [1.29, 1.82) is 5.26 Å². The van der Waals surface area contributed by atoms with E-state index in [9.17, 15) is 15.4 Å². The van der Waals surface area contributed by atoms with E-state index in [1.165, 1.54) is 82.0 Å². The van der Waals surface area contributed by atoms with Crippen LogP contribution >= 0.6 is 0 Å². The van der Waals surface area contributed by atoms with Crippen molar-refractivity contribution in [3.63, 3.8) is 0 Å². The summed E-state index contributed by atoms with van der Waals surface area (Å²) in [5, 5.41) is 20.2. The average Bonchev–Trinajstić information content (AvgIpc) is 3.02. The van der Waals surface area contributed by atoms with Crippen LogP contribution in [0.1, 0.15) is 106 Å². The van der Waals surface area contributed by atoms with Gasteiger partial charge in [-0.3, -0.25) is 15.1 Å². The second-order valence-electron chi connectivity index (χ2n) is 10.7. The molecule has 0 unspecified atom stereocenters. The molecule has 0 amide bonds. The summed E-state index contributed by atoms with van der Waals surface area (Å²) in [5.74, 6) is 0. The Kier molecular flexibility index (Phi) is 14.0. The quantitative estimate of drug-likeness (QED) is 0.0872. The minimum Gasteiger partial charge on any atom is -0.372 e. The van der Waals surface area contributed by atoms with E-state index in [1.807, 2.05) is 30.5 Å². The molecule has 2 aromatic carbocycles. The Labute approximate surface area is 251 Å². The maximum Gasteiger partial charge on any atom is 0.287 e. The molecule has 0 aliphatic rings. The summed E-state index contributed by atoms with van der Waals surface area (Å²) in [6, 6.07) is 19.2. The number of pyridine rings is 1. The van der Waals surface area contributed by atoms with Crippen LogP contribution < -0.4 is 4.90 Å². The zero-order chi connectivity index (χ0) is 30.0. The lowest BCUT2D eigenvalue weighted by Gasteiger charge is -2.25. The Balaban J connectivity index is 1.58. The van der Waals surface area contributed by atoms with Crippen LogP contribution in [-0.2, 0) is 0 Å². The first-order valence-electron chi connectivity index (χ1n) is 15.4. The average molecular weight is 565 g/mol. The molecule has 0 atom stereocenters. The highest BCUT2D eigenvalue weighted by molar-refractivity contribution is 5.72. The van der Waals surface area contributed by atoms with Gasteiger partial charge in [-0.1, -0.05) is 102 Å². The van der Waals surface area contributed by atoms with E-state index in [0.717, 1.165) is 29.9 Å². The number of benzene rings is 2. The van der Waals surface area contributed by atoms with Gasteiger partial charge in [0.25, 0.3) is 5.69 Å². The number of nitro groups is 1. The first-order valence-corrected chi connectivity index (χ1v) is 15.4. The Bertz CT molecular complexity index is 1320. The maximum atomic E-state index is 11.0. The lowest BCUT2D eigenvalue weighted by atomic mass is 10.1. The zero-order valence-electron chi connectivity index (χ0n) is 25.2. The van der Waals surface area contributed by atoms with Gasteiger partial charge in [0.2, 0.25) is 0 Å². The summed E-state index contributed by atoms with van der Waals surface area (Å²) < 4.78 is 0. The molecule has 3 rings (SSSR count). The zero-order valence-corrected chi connectivity index (χ0v) is 25.2. The molecule has 0 aliphatic carbocycles. The molecule has 0 fully saturated rings. The summed E-state index contributed by atoms with van der Waals surface area (Å²) in [5.41, 5.74) is 4.79. The van der Waals surface area contributed by atoms with Crippen molar-refractivity contribution < 1.29 is 4.92 Å². The highest BCUT2D eigenvalue weighted by Crippen LogP contribution is 2.21. The van der Waals surface area contributed by atoms with E-state index in [2.05, 4.69) is 60.1 Å². The topological polar surface area (TPSA) is 83.1 Å². The molecule has 3 aromatic rings. The number of unbranched alkanes of at least 4 members (excludes halogenated alkanes) is 8. The minimum absolute atomic E-state index is 0.0427. The smallest absolute Gasteiger partial charge is 0.287 e. The third-order valence-electron chi connectivity index (χ3n) is 7.38. The summed E-state index contributed by atoms with van der Waals surface area (Å²) in [6.07, 6.45) is 22.6. The fourth-order valence-corrected chi connectivity index (χ4v) is 4.87. The van der Waals surface area contributed by atoms with Crippen molar-refractivity contribution in [3.05, 3.63) is 98.9 Å². The van der Waals surface area contributed by atoms with Gasteiger partial charge in [-0.05, 0) is 65.9 Å². The number of nitro benzene ring substituents is 1. The molecule has 0 spiro atoms. The molecular formula is C36H44N4O2. The number of nitrogens with zero attached hydrogens (tertiary/aromatic N) is 4. The molecule has 0 saturated heterocycles. The van der Waals surface area contributed by atoms with Crippen molar-refractivity contribution in [2.45, 2.75) is 78.1 Å². The summed E-state index contributed by atoms with van der Waals surface area (Å²) in [7, 11) is 0. The van der Waals surface area contributed by atoms with Gasteiger partial charge in [0.05, 0.1) is 10.6 Å². The predicted molar refractivity (Wildman–Crippen MR) is 176 cm³/mol. The second kappa shape index (κ2) is 18.2. The van der Waals surface area contributed by atoms with Crippen molar-refractivity contribution in [1.82, 2.24) is 4.98 Å². The summed E-state index contributed by atoms with van der Waals surface area (Å²) >= 11 is 0. The molecule has 1 heterocycles. The summed E-state index contributed by atoms with van der Waals surface area (Å²) in [6.45, 7) is 6.79. The van der Waals surface area contributed by atoms with Gasteiger partial charge in [-0.25, -0.2) is 0 Å². The fourth-order valence-electron chi connectivity index (χ4n) is 4.87. The first kappa shape index (κ1) is 32.3. The molecule has 0 radical (unpaired) electrons. The Morgan fingerprint density at radius 2 is 1.33 bits per heavy atom. The van der Waals surface area contributed by atoms with E-state index >= 15 is 0 Å². The van der Waals surface area contributed by atoms with E-state index in [-0.39, 0.29) is 11.3 Å². The van der Waals surface area contributed by atoms with Gasteiger partial charge >= 0.3 is 0 Å². The van der Waals surface area contributed by atoms with E-state index in [4.69, 9.17) is 0 Å². The van der Waals surface area contributed by atoms with E-state index in [0.29, 0.717) is 5.56 Å². The van der Waals surface area contributed by atoms with Crippen molar-refractivity contribution in [2.24, 2.45) is 0 Å². The van der Waals surface area contributed by atoms with Gasteiger partial charge in [0.15, 0.2) is 0 Å². The molecule has 1 aromatic heterocycles. The molecule has 0 saturated carbocycles. The Morgan fingerprint density at radius 1 is 0.762 bits per heavy atom. The molecule has 42 heavy (non-hydrogen) atoms. The van der Waals surface area contributed by atoms with Gasteiger partial charge in [0.1, 0.15) is 11.6 Å². The summed E-state index contributed by atoms with van der Waals surface area (Å²) in [4.78, 5) is 17.6. The Hall–Kier alpha value is -4.24. The molecule has 0 bridgehead atoms. The van der Waals surface area contributed by atoms with Crippen LogP contribution in [0.15, 0.2) is 60.8 Å². The molecule has 6 heteroatoms. The third kappa shape index (κ3) is 11.0. The van der Waals surface area contributed by atoms with Crippen LogP contribution in [0, 0.1) is 21.4 Å². The van der Waals surface area contributed by atoms with Gasteiger partial charge in [-0.2, -0.15) is 5.26 Å². The third-order valence-corrected chi connectivity index (χ3v) is 7.38. The van der Waals surface area contributed by atoms with Crippen LogP contribution in [0.4, 0.5) is 11.4 Å². The van der Waals surface area contributed by atoms with E-state index in [1.54, 1.807) is 12.1 Å². The normalized spacial score (nSPS) is 11.3. The number of hydrogen-bond acceptors (Lipinski definition) is 5.